The molecule has 0 aliphatic carbocycles. The molecule has 122 valence electrons. The summed E-state index contributed by atoms with van der Waals surface area (Å²) in [6.07, 6.45) is 2.22. The summed E-state index contributed by atoms with van der Waals surface area (Å²) in [7, 11) is 1.65. The summed E-state index contributed by atoms with van der Waals surface area (Å²) in [5.41, 5.74) is 1.53. The molecule has 0 fully saturated rings. The van der Waals surface area contributed by atoms with Crippen LogP contribution in [-0.4, -0.2) is 35.6 Å². The number of nitrogens with zero attached hydrogens (tertiary/aromatic N) is 2. The third-order valence-electron chi connectivity index (χ3n) is 3.17. The highest BCUT2D eigenvalue weighted by atomic mass is 16.5. The standard InChI is InChI=1S/C17H22N4O2/c1-12(2)21-17(22)15-10-16(20-11-19-15)18-8-7-13-5-4-6-14(9-13)23-3/h4-6,9-12H,7-8H2,1-3H3,(H,21,22)(H,18,19,20). The van der Waals surface area contributed by atoms with Crippen LogP contribution in [0.4, 0.5) is 5.82 Å². The summed E-state index contributed by atoms with van der Waals surface area (Å²) in [6.45, 7) is 4.52. The molecular weight excluding hydrogens is 292 g/mol. The zero-order chi connectivity index (χ0) is 16.7. The molecule has 2 aromatic rings. The Morgan fingerprint density at radius 1 is 1.26 bits per heavy atom. The number of hydrogen-bond acceptors (Lipinski definition) is 5. The smallest absolute Gasteiger partial charge is 0.270 e. The first kappa shape index (κ1) is 16.7. The van der Waals surface area contributed by atoms with Gasteiger partial charge in [0, 0.05) is 18.7 Å². The van der Waals surface area contributed by atoms with E-state index in [0.717, 1.165) is 12.2 Å². The van der Waals surface area contributed by atoms with Crippen molar-refractivity contribution in [2.24, 2.45) is 0 Å². The molecule has 0 radical (unpaired) electrons. The molecule has 1 heterocycles. The molecule has 0 saturated carbocycles. The summed E-state index contributed by atoms with van der Waals surface area (Å²) < 4.78 is 5.21. The second-order valence-corrected chi connectivity index (χ2v) is 5.44. The first-order chi connectivity index (χ1) is 11.1. The molecule has 1 aromatic heterocycles. The SMILES string of the molecule is COc1cccc(CCNc2cc(C(=O)NC(C)C)ncn2)c1. The highest BCUT2D eigenvalue weighted by molar-refractivity contribution is 5.92. The van der Waals surface area contributed by atoms with Gasteiger partial charge in [-0.15, -0.1) is 0 Å². The van der Waals surface area contributed by atoms with E-state index in [2.05, 4.69) is 20.6 Å². The zero-order valence-corrected chi connectivity index (χ0v) is 13.7. The number of carbonyl (C=O) groups is 1. The largest absolute Gasteiger partial charge is 0.497 e. The zero-order valence-electron chi connectivity index (χ0n) is 13.7. The average Bonchev–Trinajstić information content (AvgIpc) is 2.55. The van der Waals surface area contributed by atoms with Crippen molar-refractivity contribution in [2.75, 3.05) is 19.0 Å². The van der Waals surface area contributed by atoms with E-state index >= 15 is 0 Å². The molecule has 0 spiro atoms. The van der Waals surface area contributed by atoms with Gasteiger partial charge in [0.25, 0.3) is 5.91 Å². The molecule has 0 aliphatic rings. The Balaban J connectivity index is 1.91. The number of rotatable bonds is 7. The lowest BCUT2D eigenvalue weighted by atomic mass is 10.1. The van der Waals surface area contributed by atoms with Crippen molar-refractivity contribution in [3.63, 3.8) is 0 Å². The van der Waals surface area contributed by atoms with Crippen molar-refractivity contribution in [1.29, 1.82) is 0 Å². The molecule has 1 aromatic carbocycles. The number of carbonyl (C=O) groups excluding carboxylic acids is 1. The molecule has 1 amide bonds. The highest BCUT2D eigenvalue weighted by Gasteiger charge is 2.09. The lowest BCUT2D eigenvalue weighted by Gasteiger charge is -2.09. The second kappa shape index (κ2) is 8.12. The van der Waals surface area contributed by atoms with Crippen molar-refractivity contribution in [3.05, 3.63) is 47.9 Å². The third kappa shape index (κ3) is 5.25. The van der Waals surface area contributed by atoms with Gasteiger partial charge in [-0.25, -0.2) is 9.97 Å². The first-order valence-electron chi connectivity index (χ1n) is 7.58. The fourth-order valence-corrected chi connectivity index (χ4v) is 2.08. The van der Waals surface area contributed by atoms with E-state index in [9.17, 15) is 4.79 Å². The number of anilines is 1. The number of methoxy groups -OCH3 is 1. The van der Waals surface area contributed by atoms with E-state index in [1.165, 1.54) is 11.9 Å². The van der Waals surface area contributed by atoms with Gasteiger partial charge in [0.2, 0.25) is 0 Å². The maximum Gasteiger partial charge on any atom is 0.270 e. The minimum absolute atomic E-state index is 0.0712. The van der Waals surface area contributed by atoms with Crippen LogP contribution in [0.1, 0.15) is 29.9 Å². The van der Waals surface area contributed by atoms with Gasteiger partial charge in [-0.1, -0.05) is 12.1 Å². The number of nitrogens with one attached hydrogen (secondary N) is 2. The molecule has 6 heteroatoms. The van der Waals surface area contributed by atoms with E-state index in [1.807, 2.05) is 38.1 Å². The molecule has 2 N–H and O–H groups in total. The topological polar surface area (TPSA) is 76.1 Å². The lowest BCUT2D eigenvalue weighted by Crippen LogP contribution is -2.30. The maximum absolute atomic E-state index is 11.9. The van der Waals surface area contributed by atoms with Crippen LogP contribution in [0.2, 0.25) is 0 Å². The van der Waals surface area contributed by atoms with Crippen molar-refractivity contribution in [2.45, 2.75) is 26.3 Å². The molecule has 0 saturated heterocycles. The third-order valence-corrected chi connectivity index (χ3v) is 3.17. The average molecular weight is 314 g/mol. The fraction of sp³-hybridized carbons (Fsp3) is 0.353. The van der Waals surface area contributed by atoms with Crippen molar-refractivity contribution < 1.29 is 9.53 Å². The summed E-state index contributed by atoms with van der Waals surface area (Å²) in [5.74, 6) is 1.28. The van der Waals surface area contributed by atoms with Gasteiger partial charge in [-0.05, 0) is 38.0 Å². The second-order valence-electron chi connectivity index (χ2n) is 5.44. The highest BCUT2D eigenvalue weighted by Crippen LogP contribution is 2.13. The fourth-order valence-electron chi connectivity index (χ4n) is 2.08. The Labute approximate surface area is 136 Å². The van der Waals surface area contributed by atoms with Crippen LogP contribution in [0.3, 0.4) is 0 Å². The molecule has 0 atom stereocenters. The molecule has 2 rings (SSSR count). The van der Waals surface area contributed by atoms with E-state index in [4.69, 9.17) is 4.74 Å². The monoisotopic (exact) mass is 314 g/mol. The van der Waals surface area contributed by atoms with E-state index in [-0.39, 0.29) is 11.9 Å². The maximum atomic E-state index is 11.9. The van der Waals surface area contributed by atoms with Crippen molar-refractivity contribution in [1.82, 2.24) is 15.3 Å². The van der Waals surface area contributed by atoms with Gasteiger partial charge in [0.05, 0.1) is 7.11 Å². The van der Waals surface area contributed by atoms with Crippen LogP contribution in [0.25, 0.3) is 0 Å². The first-order valence-corrected chi connectivity index (χ1v) is 7.58. The Morgan fingerprint density at radius 2 is 2.09 bits per heavy atom. The number of benzene rings is 1. The van der Waals surface area contributed by atoms with Gasteiger partial charge in [0.15, 0.2) is 0 Å². The van der Waals surface area contributed by atoms with Crippen LogP contribution in [-0.2, 0) is 6.42 Å². The summed E-state index contributed by atoms with van der Waals surface area (Å²) in [6, 6.07) is 9.66. The number of ether oxygens (including phenoxy) is 1. The molecule has 0 aliphatic heterocycles. The Bertz CT molecular complexity index is 659. The number of aromatic nitrogens is 2. The normalized spacial score (nSPS) is 10.4. The predicted octanol–water partition coefficient (Wildman–Crippen LogP) is 2.28. The molecule has 0 bridgehead atoms. The van der Waals surface area contributed by atoms with E-state index in [1.54, 1.807) is 13.2 Å². The van der Waals surface area contributed by atoms with Crippen LogP contribution in [0.5, 0.6) is 5.75 Å². The summed E-state index contributed by atoms with van der Waals surface area (Å²) in [4.78, 5) is 20.1. The van der Waals surface area contributed by atoms with Crippen LogP contribution in [0.15, 0.2) is 36.7 Å². The van der Waals surface area contributed by atoms with Gasteiger partial charge >= 0.3 is 0 Å². The minimum Gasteiger partial charge on any atom is -0.497 e. The summed E-state index contributed by atoms with van der Waals surface area (Å²) in [5, 5.41) is 6.02. The summed E-state index contributed by atoms with van der Waals surface area (Å²) >= 11 is 0. The van der Waals surface area contributed by atoms with Crippen LogP contribution >= 0.6 is 0 Å². The minimum atomic E-state index is -0.196. The number of hydrogen-bond donors (Lipinski definition) is 2. The van der Waals surface area contributed by atoms with Gasteiger partial charge in [-0.3, -0.25) is 4.79 Å². The predicted molar refractivity (Wildman–Crippen MR) is 89.8 cm³/mol. The van der Waals surface area contributed by atoms with E-state index in [0.29, 0.717) is 18.1 Å². The quantitative estimate of drug-likeness (QED) is 0.820. The number of amides is 1. The molecule has 23 heavy (non-hydrogen) atoms. The lowest BCUT2D eigenvalue weighted by molar-refractivity contribution is 0.0938. The molecule has 0 unspecified atom stereocenters. The Kier molecular flexibility index (Phi) is 5.91. The van der Waals surface area contributed by atoms with E-state index < -0.39 is 0 Å². The van der Waals surface area contributed by atoms with Crippen LogP contribution in [0, 0.1) is 0 Å². The van der Waals surface area contributed by atoms with Gasteiger partial charge < -0.3 is 15.4 Å². The molecule has 6 nitrogen and oxygen atoms in total. The molecular formula is C17H22N4O2. The van der Waals surface area contributed by atoms with Crippen molar-refractivity contribution in [3.8, 4) is 5.75 Å². The van der Waals surface area contributed by atoms with Gasteiger partial charge in [0.1, 0.15) is 23.6 Å². The van der Waals surface area contributed by atoms with Crippen molar-refractivity contribution >= 4 is 11.7 Å². The Morgan fingerprint density at radius 3 is 2.83 bits per heavy atom. The Hall–Kier alpha value is -2.63. The van der Waals surface area contributed by atoms with Gasteiger partial charge in [-0.2, -0.15) is 0 Å². The van der Waals surface area contributed by atoms with Crippen LogP contribution < -0.4 is 15.4 Å².